The number of aromatic nitrogens is 2. The number of carbonyl (C=O) groups excluding carboxylic acids is 1. The summed E-state index contributed by atoms with van der Waals surface area (Å²) in [6, 6.07) is 9.88. The Morgan fingerprint density at radius 3 is 2.34 bits per heavy atom. The molecule has 32 heavy (non-hydrogen) atoms. The molecule has 0 saturated heterocycles. The minimum absolute atomic E-state index is 0.0989. The Kier molecular flexibility index (Phi) is 6.70. The summed E-state index contributed by atoms with van der Waals surface area (Å²) >= 11 is 6.25. The molecule has 0 aliphatic rings. The topological polar surface area (TPSA) is 98.2 Å². The van der Waals surface area contributed by atoms with Gasteiger partial charge >= 0.3 is 6.36 Å². The normalized spacial score (nSPS) is 11.8. The molecule has 1 amide bonds. The third-order valence-corrected chi connectivity index (χ3v) is 5.22. The summed E-state index contributed by atoms with van der Waals surface area (Å²) < 4.78 is 64.8. The molecule has 3 rings (SSSR count). The molecule has 3 aromatic rings. The summed E-state index contributed by atoms with van der Waals surface area (Å²) in [6.45, 7) is 0. The third-order valence-electron chi connectivity index (χ3n) is 4.03. The molecule has 168 valence electrons. The standard InChI is InChI=1S/C20H15ClF3N3O4S/c1-32(29,30)19-25-10-12(11-26-19)8-18(28)27-13-6-7-14(16(21)9-13)15-4-2-3-5-17(15)31-20(22,23)24/h2-7,9-11H,8H2,1H3,(H,27,28). The fraction of sp³-hybridized carbons (Fsp3) is 0.150. The molecule has 0 aliphatic heterocycles. The monoisotopic (exact) mass is 485 g/mol. The number of para-hydroxylation sites is 1. The number of nitrogens with zero attached hydrogens (tertiary/aromatic N) is 2. The molecule has 0 saturated carbocycles. The fourth-order valence-corrected chi connectivity index (χ4v) is 3.50. The highest BCUT2D eigenvalue weighted by Crippen LogP contribution is 2.38. The van der Waals surface area contributed by atoms with E-state index >= 15 is 0 Å². The number of halogens is 4. The van der Waals surface area contributed by atoms with Crippen molar-refractivity contribution in [1.82, 2.24) is 9.97 Å². The van der Waals surface area contributed by atoms with Crippen molar-refractivity contribution in [2.75, 3.05) is 11.6 Å². The Labute approximate surface area is 186 Å². The van der Waals surface area contributed by atoms with Gasteiger partial charge in [0.1, 0.15) is 5.75 Å². The average molecular weight is 486 g/mol. The summed E-state index contributed by atoms with van der Waals surface area (Å²) in [6.07, 6.45) is -1.56. The van der Waals surface area contributed by atoms with Crippen LogP contribution in [0.4, 0.5) is 18.9 Å². The van der Waals surface area contributed by atoms with E-state index in [4.69, 9.17) is 11.6 Å². The zero-order valence-electron chi connectivity index (χ0n) is 16.4. The Bertz CT molecular complexity index is 1250. The number of rotatable bonds is 6. The van der Waals surface area contributed by atoms with Crippen LogP contribution in [0.25, 0.3) is 11.1 Å². The maximum atomic E-state index is 12.7. The molecule has 1 N–H and O–H groups in total. The van der Waals surface area contributed by atoms with Gasteiger partial charge in [0.2, 0.25) is 20.9 Å². The molecule has 0 radical (unpaired) electrons. The lowest BCUT2D eigenvalue weighted by Crippen LogP contribution is -2.17. The molecule has 1 aromatic heterocycles. The lowest BCUT2D eigenvalue weighted by atomic mass is 10.0. The number of sulfone groups is 1. The van der Waals surface area contributed by atoms with Crippen LogP contribution in [-0.4, -0.2) is 36.9 Å². The maximum Gasteiger partial charge on any atom is 0.573 e. The van der Waals surface area contributed by atoms with Crippen LogP contribution in [0.2, 0.25) is 5.02 Å². The first-order valence-electron chi connectivity index (χ1n) is 8.88. The van der Waals surface area contributed by atoms with Crippen molar-refractivity contribution in [1.29, 1.82) is 0 Å². The van der Waals surface area contributed by atoms with Crippen LogP contribution in [0.3, 0.4) is 0 Å². The van der Waals surface area contributed by atoms with Gasteiger partial charge in [0.05, 0.1) is 11.4 Å². The predicted molar refractivity (Wildman–Crippen MR) is 111 cm³/mol. The molecule has 7 nitrogen and oxygen atoms in total. The quantitative estimate of drug-likeness (QED) is 0.523. The highest BCUT2D eigenvalue weighted by atomic mass is 35.5. The third kappa shape index (κ3) is 6.17. The average Bonchev–Trinajstić information content (AvgIpc) is 2.67. The van der Waals surface area contributed by atoms with Gasteiger partial charge in [0.25, 0.3) is 0 Å². The van der Waals surface area contributed by atoms with Crippen molar-refractivity contribution >= 4 is 33.0 Å². The van der Waals surface area contributed by atoms with E-state index in [9.17, 15) is 26.4 Å². The first kappa shape index (κ1) is 23.5. The van der Waals surface area contributed by atoms with Crippen molar-refractivity contribution in [3.8, 4) is 16.9 Å². The Morgan fingerprint density at radius 2 is 1.75 bits per heavy atom. The van der Waals surface area contributed by atoms with Crippen LogP contribution < -0.4 is 10.1 Å². The van der Waals surface area contributed by atoms with E-state index in [2.05, 4.69) is 20.0 Å². The molecule has 0 atom stereocenters. The van der Waals surface area contributed by atoms with Crippen LogP contribution in [0.15, 0.2) is 60.0 Å². The number of amides is 1. The van der Waals surface area contributed by atoms with Crippen molar-refractivity contribution < 1.29 is 31.1 Å². The first-order chi connectivity index (χ1) is 14.9. The maximum absolute atomic E-state index is 12.7. The number of anilines is 1. The summed E-state index contributed by atoms with van der Waals surface area (Å²) in [4.78, 5) is 19.7. The fourth-order valence-electron chi connectivity index (χ4n) is 2.73. The number of benzene rings is 2. The van der Waals surface area contributed by atoms with Crippen LogP contribution in [-0.2, 0) is 21.1 Å². The van der Waals surface area contributed by atoms with Gasteiger partial charge in [0, 0.05) is 35.5 Å². The smallest absolute Gasteiger partial charge is 0.405 e. The lowest BCUT2D eigenvalue weighted by Gasteiger charge is -2.15. The molecule has 0 unspecified atom stereocenters. The van der Waals surface area contributed by atoms with Crippen LogP contribution in [0, 0.1) is 0 Å². The number of nitrogens with one attached hydrogen (secondary N) is 1. The Hall–Kier alpha value is -3.18. The second-order valence-electron chi connectivity index (χ2n) is 6.61. The van der Waals surface area contributed by atoms with Gasteiger partial charge in [-0.1, -0.05) is 35.9 Å². The number of ether oxygens (including phenoxy) is 1. The summed E-state index contributed by atoms with van der Waals surface area (Å²) in [5, 5.41) is 2.35. The zero-order chi connectivity index (χ0) is 23.5. The molecule has 0 aliphatic carbocycles. The van der Waals surface area contributed by atoms with Gasteiger partial charge in [-0.05, 0) is 23.8 Å². The Balaban J connectivity index is 1.74. The van der Waals surface area contributed by atoms with Crippen molar-refractivity contribution in [2.45, 2.75) is 17.9 Å². The van der Waals surface area contributed by atoms with Gasteiger partial charge in [-0.25, -0.2) is 18.4 Å². The highest BCUT2D eigenvalue weighted by Gasteiger charge is 2.32. The minimum atomic E-state index is -4.86. The van der Waals surface area contributed by atoms with Crippen LogP contribution in [0.5, 0.6) is 5.75 Å². The molecule has 0 bridgehead atoms. The highest BCUT2D eigenvalue weighted by molar-refractivity contribution is 7.90. The van der Waals surface area contributed by atoms with Gasteiger partial charge in [-0.15, -0.1) is 13.2 Å². The SMILES string of the molecule is CS(=O)(=O)c1ncc(CC(=O)Nc2ccc(-c3ccccc3OC(F)(F)F)c(Cl)c2)cn1. The number of carbonyl (C=O) groups is 1. The van der Waals surface area contributed by atoms with E-state index in [-0.39, 0.29) is 27.7 Å². The van der Waals surface area contributed by atoms with E-state index in [1.807, 2.05) is 0 Å². The summed E-state index contributed by atoms with van der Waals surface area (Å²) in [5.41, 5.74) is 1.12. The van der Waals surface area contributed by atoms with Gasteiger partial charge < -0.3 is 10.1 Å². The first-order valence-corrected chi connectivity index (χ1v) is 11.1. The second kappa shape index (κ2) is 9.13. The minimum Gasteiger partial charge on any atom is -0.405 e. The van der Waals surface area contributed by atoms with E-state index in [0.717, 1.165) is 6.26 Å². The number of hydrogen-bond acceptors (Lipinski definition) is 6. The van der Waals surface area contributed by atoms with Crippen molar-refractivity contribution in [3.05, 3.63) is 65.4 Å². The van der Waals surface area contributed by atoms with Crippen molar-refractivity contribution in [2.24, 2.45) is 0 Å². The lowest BCUT2D eigenvalue weighted by molar-refractivity contribution is -0.274. The van der Waals surface area contributed by atoms with Gasteiger partial charge in [0.15, 0.2) is 0 Å². The van der Waals surface area contributed by atoms with E-state index in [1.54, 1.807) is 6.07 Å². The van der Waals surface area contributed by atoms with Crippen LogP contribution in [0.1, 0.15) is 5.56 Å². The molecular formula is C20H15ClF3N3O4S. The zero-order valence-corrected chi connectivity index (χ0v) is 17.9. The Morgan fingerprint density at radius 1 is 1.09 bits per heavy atom. The number of alkyl halides is 3. The van der Waals surface area contributed by atoms with E-state index in [0.29, 0.717) is 11.3 Å². The molecule has 2 aromatic carbocycles. The summed E-state index contributed by atoms with van der Waals surface area (Å²) in [7, 11) is -3.55. The molecule has 12 heteroatoms. The van der Waals surface area contributed by atoms with Crippen LogP contribution >= 0.6 is 11.6 Å². The molecular weight excluding hydrogens is 471 g/mol. The summed E-state index contributed by atoms with van der Waals surface area (Å²) in [5.74, 6) is -0.860. The van der Waals surface area contributed by atoms with E-state index < -0.39 is 27.9 Å². The second-order valence-corrected chi connectivity index (χ2v) is 8.93. The predicted octanol–water partition coefficient (Wildman–Crippen LogP) is 4.28. The number of hydrogen-bond donors (Lipinski definition) is 1. The van der Waals surface area contributed by atoms with Gasteiger partial charge in [-0.2, -0.15) is 0 Å². The molecule has 0 spiro atoms. The van der Waals surface area contributed by atoms with E-state index in [1.165, 1.54) is 48.8 Å². The van der Waals surface area contributed by atoms with Crippen molar-refractivity contribution in [3.63, 3.8) is 0 Å². The molecule has 1 heterocycles. The molecule has 0 fully saturated rings. The van der Waals surface area contributed by atoms with Gasteiger partial charge in [-0.3, -0.25) is 4.79 Å². The largest absolute Gasteiger partial charge is 0.573 e.